The van der Waals surface area contributed by atoms with Gasteiger partial charge in [-0.25, -0.2) is 4.39 Å². The van der Waals surface area contributed by atoms with Crippen molar-refractivity contribution in [2.75, 3.05) is 19.7 Å². The summed E-state index contributed by atoms with van der Waals surface area (Å²) in [5.41, 5.74) is 0.674. The van der Waals surface area contributed by atoms with E-state index in [-0.39, 0.29) is 24.8 Å². The van der Waals surface area contributed by atoms with E-state index in [0.29, 0.717) is 24.4 Å². The second kappa shape index (κ2) is 9.72. The van der Waals surface area contributed by atoms with Crippen LogP contribution in [0, 0.1) is 17.1 Å². The van der Waals surface area contributed by atoms with E-state index in [1.54, 1.807) is 0 Å². The number of hydrogen-bond acceptors (Lipinski definition) is 4. The third kappa shape index (κ3) is 6.72. The summed E-state index contributed by atoms with van der Waals surface area (Å²) in [5, 5.41) is 14.1. The number of carbonyl (C=O) groups excluding carboxylic acids is 1. The lowest BCUT2D eigenvalue weighted by Crippen LogP contribution is -2.29. The zero-order valence-corrected chi connectivity index (χ0v) is 12.1. The van der Waals surface area contributed by atoms with Crippen molar-refractivity contribution in [3.63, 3.8) is 0 Å². The highest BCUT2D eigenvalue weighted by Crippen LogP contribution is 2.19. The molecule has 0 bridgehead atoms. The highest BCUT2D eigenvalue weighted by molar-refractivity contribution is 5.77. The molecule has 6 heteroatoms. The van der Waals surface area contributed by atoms with Crippen LogP contribution in [-0.4, -0.2) is 25.6 Å². The molecule has 1 amide bonds. The molecule has 0 fully saturated rings. The Balaban J connectivity index is 2.53. The van der Waals surface area contributed by atoms with E-state index in [1.807, 2.05) is 13.0 Å². The molecule has 5 nitrogen and oxygen atoms in total. The minimum absolute atomic E-state index is 0.155. The predicted octanol–water partition coefficient (Wildman–Crippen LogP) is 1.73. The molecule has 0 aliphatic heterocycles. The Morgan fingerprint density at radius 2 is 2.24 bits per heavy atom. The van der Waals surface area contributed by atoms with E-state index in [0.717, 1.165) is 13.0 Å². The molecule has 0 heterocycles. The number of ether oxygens (including phenoxy) is 1. The first-order valence-corrected chi connectivity index (χ1v) is 6.93. The molecule has 0 radical (unpaired) electrons. The lowest BCUT2D eigenvalue weighted by molar-refractivity contribution is -0.123. The molecule has 0 unspecified atom stereocenters. The molecule has 1 aromatic carbocycles. The highest BCUT2D eigenvalue weighted by atomic mass is 19.1. The number of rotatable bonds is 9. The van der Waals surface area contributed by atoms with Crippen LogP contribution in [0.4, 0.5) is 4.39 Å². The lowest BCUT2D eigenvalue weighted by atomic mass is 10.2. The van der Waals surface area contributed by atoms with E-state index in [2.05, 4.69) is 10.6 Å². The average molecular weight is 293 g/mol. The van der Waals surface area contributed by atoms with Crippen molar-refractivity contribution in [2.24, 2.45) is 0 Å². The van der Waals surface area contributed by atoms with Crippen LogP contribution in [0.2, 0.25) is 0 Å². The first-order chi connectivity index (χ1) is 10.2. The summed E-state index contributed by atoms with van der Waals surface area (Å²) in [4.78, 5) is 11.5. The van der Waals surface area contributed by atoms with Gasteiger partial charge in [0.1, 0.15) is 11.6 Å². The molecule has 21 heavy (non-hydrogen) atoms. The summed E-state index contributed by atoms with van der Waals surface area (Å²) in [5.74, 6) is -0.161. The van der Waals surface area contributed by atoms with Gasteiger partial charge in [0.2, 0.25) is 0 Å². The minimum Gasteiger partial charge on any atom is -0.483 e. The van der Waals surface area contributed by atoms with Gasteiger partial charge in [-0.3, -0.25) is 4.79 Å². The van der Waals surface area contributed by atoms with E-state index < -0.39 is 0 Å². The second-order valence-corrected chi connectivity index (χ2v) is 4.48. The predicted molar refractivity (Wildman–Crippen MR) is 77.1 cm³/mol. The van der Waals surface area contributed by atoms with Crippen molar-refractivity contribution in [2.45, 2.75) is 26.3 Å². The summed E-state index contributed by atoms with van der Waals surface area (Å²) in [6.45, 7) is 3.49. The Labute approximate surface area is 124 Å². The second-order valence-electron chi connectivity index (χ2n) is 4.48. The van der Waals surface area contributed by atoms with E-state index in [9.17, 15) is 9.18 Å². The maximum Gasteiger partial charge on any atom is 0.257 e. The molecule has 114 valence electrons. The SMILES string of the molecule is CCCNCc1cc(F)ccc1OCC(=O)NCCC#N. The summed E-state index contributed by atoms with van der Waals surface area (Å²) in [6.07, 6.45) is 1.24. The molecule has 0 aliphatic carbocycles. The number of benzene rings is 1. The van der Waals surface area contributed by atoms with Gasteiger partial charge < -0.3 is 15.4 Å². The molecule has 0 aromatic heterocycles. The van der Waals surface area contributed by atoms with Crippen LogP contribution in [0.25, 0.3) is 0 Å². The first-order valence-electron chi connectivity index (χ1n) is 6.93. The van der Waals surface area contributed by atoms with Gasteiger partial charge in [0, 0.05) is 18.7 Å². The van der Waals surface area contributed by atoms with E-state index in [4.69, 9.17) is 10.00 Å². The Kier molecular flexibility index (Phi) is 7.84. The standard InChI is InChI=1S/C15H20FN3O2/c1-2-7-18-10-12-9-13(16)4-5-14(12)21-11-15(20)19-8-3-6-17/h4-5,9,18H,2-3,7-8,10-11H2,1H3,(H,19,20). The molecular weight excluding hydrogens is 273 g/mol. The quantitative estimate of drug-likeness (QED) is 0.680. The molecule has 0 spiro atoms. The van der Waals surface area contributed by atoms with Crippen LogP contribution in [0.5, 0.6) is 5.75 Å². The van der Waals surface area contributed by atoms with Crippen LogP contribution < -0.4 is 15.4 Å². The summed E-state index contributed by atoms with van der Waals surface area (Å²) < 4.78 is 18.7. The lowest BCUT2D eigenvalue weighted by Gasteiger charge is -2.12. The van der Waals surface area contributed by atoms with Crippen LogP contribution in [0.15, 0.2) is 18.2 Å². The number of nitriles is 1. The van der Waals surface area contributed by atoms with Gasteiger partial charge in [0.05, 0.1) is 12.5 Å². The largest absolute Gasteiger partial charge is 0.483 e. The van der Waals surface area contributed by atoms with Crippen molar-refractivity contribution < 1.29 is 13.9 Å². The Bertz CT molecular complexity index is 500. The van der Waals surface area contributed by atoms with Crippen LogP contribution in [0.3, 0.4) is 0 Å². The van der Waals surface area contributed by atoms with Gasteiger partial charge in [-0.05, 0) is 31.2 Å². The number of halogens is 1. The molecule has 1 rings (SSSR count). The van der Waals surface area contributed by atoms with Crippen LogP contribution in [-0.2, 0) is 11.3 Å². The summed E-state index contributed by atoms with van der Waals surface area (Å²) in [6, 6.07) is 6.14. The first kappa shape index (κ1) is 16.9. The number of hydrogen-bond donors (Lipinski definition) is 2. The topological polar surface area (TPSA) is 74.2 Å². The fourth-order valence-electron chi connectivity index (χ4n) is 1.68. The molecule has 1 aromatic rings. The Morgan fingerprint density at radius 1 is 1.43 bits per heavy atom. The number of nitrogens with zero attached hydrogens (tertiary/aromatic N) is 1. The van der Waals surface area contributed by atoms with Gasteiger partial charge in [0.15, 0.2) is 6.61 Å². The van der Waals surface area contributed by atoms with Gasteiger partial charge >= 0.3 is 0 Å². The fourth-order valence-corrected chi connectivity index (χ4v) is 1.68. The van der Waals surface area contributed by atoms with Gasteiger partial charge in [0.25, 0.3) is 5.91 Å². The Hall–Kier alpha value is -2.13. The third-order valence-electron chi connectivity index (χ3n) is 2.68. The van der Waals surface area contributed by atoms with Crippen molar-refractivity contribution in [3.05, 3.63) is 29.6 Å². The van der Waals surface area contributed by atoms with Crippen LogP contribution >= 0.6 is 0 Å². The number of amides is 1. The fraction of sp³-hybridized carbons (Fsp3) is 0.467. The van der Waals surface area contributed by atoms with Gasteiger partial charge in [-0.15, -0.1) is 0 Å². The normalized spacial score (nSPS) is 9.95. The highest BCUT2D eigenvalue weighted by Gasteiger charge is 2.08. The monoisotopic (exact) mass is 293 g/mol. The van der Waals surface area contributed by atoms with E-state index in [1.165, 1.54) is 18.2 Å². The summed E-state index contributed by atoms with van der Waals surface area (Å²) >= 11 is 0. The molecule has 0 aliphatic rings. The molecule has 0 saturated carbocycles. The molecular formula is C15H20FN3O2. The minimum atomic E-state index is -0.339. The summed E-state index contributed by atoms with van der Waals surface area (Å²) in [7, 11) is 0. The zero-order chi connectivity index (χ0) is 15.5. The smallest absolute Gasteiger partial charge is 0.257 e. The maximum atomic E-state index is 13.3. The maximum absolute atomic E-state index is 13.3. The number of carbonyl (C=O) groups is 1. The van der Waals surface area contributed by atoms with Crippen LogP contribution in [0.1, 0.15) is 25.3 Å². The van der Waals surface area contributed by atoms with Gasteiger partial charge in [-0.2, -0.15) is 5.26 Å². The number of nitrogens with one attached hydrogen (secondary N) is 2. The average Bonchev–Trinajstić information content (AvgIpc) is 2.47. The molecule has 0 saturated heterocycles. The van der Waals surface area contributed by atoms with Crippen molar-refractivity contribution in [1.82, 2.24) is 10.6 Å². The Morgan fingerprint density at radius 3 is 2.95 bits per heavy atom. The van der Waals surface area contributed by atoms with Crippen molar-refractivity contribution >= 4 is 5.91 Å². The van der Waals surface area contributed by atoms with Gasteiger partial charge in [-0.1, -0.05) is 6.92 Å². The van der Waals surface area contributed by atoms with Crippen molar-refractivity contribution in [3.8, 4) is 11.8 Å². The van der Waals surface area contributed by atoms with Crippen molar-refractivity contribution in [1.29, 1.82) is 5.26 Å². The molecule has 0 atom stereocenters. The third-order valence-corrected chi connectivity index (χ3v) is 2.68. The van der Waals surface area contributed by atoms with E-state index >= 15 is 0 Å². The zero-order valence-electron chi connectivity index (χ0n) is 12.1. The molecule has 2 N–H and O–H groups in total.